The topological polar surface area (TPSA) is 75.1 Å². The Morgan fingerprint density at radius 2 is 1.79 bits per heavy atom. The fourth-order valence-electron chi connectivity index (χ4n) is 1.29. The Hall–Kier alpha value is -2.64. The van der Waals surface area contributed by atoms with Gasteiger partial charge in [-0.3, -0.25) is 4.98 Å². The van der Waals surface area contributed by atoms with Gasteiger partial charge in [0.05, 0.1) is 18.1 Å². The molecule has 0 saturated carbocycles. The Morgan fingerprint density at radius 3 is 2.47 bits per heavy atom. The highest BCUT2D eigenvalue weighted by molar-refractivity contribution is 5.85. The van der Waals surface area contributed by atoms with E-state index in [9.17, 15) is 18.0 Å². The first-order chi connectivity index (χ1) is 8.97. The van der Waals surface area contributed by atoms with E-state index in [2.05, 4.69) is 15.3 Å². The minimum absolute atomic E-state index is 0.107. The van der Waals surface area contributed by atoms with Gasteiger partial charge < -0.3 is 10.4 Å². The van der Waals surface area contributed by atoms with Gasteiger partial charge in [-0.1, -0.05) is 0 Å². The van der Waals surface area contributed by atoms with Gasteiger partial charge >= 0.3 is 5.97 Å². The highest BCUT2D eigenvalue weighted by atomic mass is 19.2. The van der Waals surface area contributed by atoms with Gasteiger partial charge in [0, 0.05) is 12.1 Å². The number of rotatable bonds is 3. The Balaban J connectivity index is 2.33. The SMILES string of the molecule is O=C(O)c1cncc(Nc2cc(F)c(F)cc2F)n1. The molecule has 0 radical (unpaired) electrons. The molecule has 2 aromatic rings. The number of carboxylic acids is 1. The van der Waals surface area contributed by atoms with Gasteiger partial charge in [-0.05, 0) is 0 Å². The van der Waals surface area contributed by atoms with E-state index in [0.29, 0.717) is 12.1 Å². The van der Waals surface area contributed by atoms with Crippen LogP contribution in [0, 0.1) is 17.5 Å². The van der Waals surface area contributed by atoms with E-state index in [1.165, 1.54) is 0 Å². The van der Waals surface area contributed by atoms with E-state index >= 15 is 0 Å². The molecule has 0 atom stereocenters. The first-order valence-electron chi connectivity index (χ1n) is 4.94. The Bertz CT molecular complexity index is 649. The summed E-state index contributed by atoms with van der Waals surface area (Å²) < 4.78 is 39.0. The highest BCUT2D eigenvalue weighted by Crippen LogP contribution is 2.21. The molecular weight excluding hydrogens is 263 g/mol. The molecule has 0 aliphatic heterocycles. The molecule has 0 aliphatic carbocycles. The van der Waals surface area contributed by atoms with Crippen molar-refractivity contribution in [1.29, 1.82) is 0 Å². The lowest BCUT2D eigenvalue weighted by molar-refractivity contribution is 0.0690. The number of carboxylic acid groups (broad SMARTS) is 1. The lowest BCUT2D eigenvalue weighted by atomic mass is 10.3. The van der Waals surface area contributed by atoms with Crippen molar-refractivity contribution in [2.75, 3.05) is 5.32 Å². The van der Waals surface area contributed by atoms with Crippen LogP contribution in [0.15, 0.2) is 24.5 Å². The van der Waals surface area contributed by atoms with Crippen molar-refractivity contribution in [2.45, 2.75) is 0 Å². The molecule has 0 aliphatic rings. The standard InChI is InChI=1S/C11H6F3N3O2/c12-5-1-7(14)8(2-6(5)13)16-10-4-15-3-9(17-10)11(18)19/h1-4H,(H,16,17)(H,18,19). The smallest absolute Gasteiger partial charge is 0.356 e. The second kappa shape index (κ2) is 4.92. The van der Waals surface area contributed by atoms with Crippen molar-refractivity contribution in [3.05, 3.63) is 47.7 Å². The minimum atomic E-state index is -1.33. The molecule has 5 nitrogen and oxygen atoms in total. The molecule has 1 aromatic heterocycles. The third-order valence-corrected chi connectivity index (χ3v) is 2.13. The van der Waals surface area contributed by atoms with Crippen LogP contribution in [-0.4, -0.2) is 21.0 Å². The van der Waals surface area contributed by atoms with Crippen LogP contribution in [0.1, 0.15) is 10.5 Å². The summed E-state index contributed by atoms with van der Waals surface area (Å²) in [5, 5.41) is 11.0. The van der Waals surface area contributed by atoms with Gasteiger partial charge in [-0.2, -0.15) is 0 Å². The van der Waals surface area contributed by atoms with Gasteiger partial charge in [-0.15, -0.1) is 0 Å². The average Bonchev–Trinajstić information content (AvgIpc) is 2.36. The number of nitrogens with zero attached hydrogens (tertiary/aromatic N) is 2. The quantitative estimate of drug-likeness (QED) is 0.836. The normalized spacial score (nSPS) is 10.3. The second-order valence-electron chi connectivity index (χ2n) is 3.47. The van der Waals surface area contributed by atoms with Crippen molar-refractivity contribution < 1.29 is 23.1 Å². The fourth-order valence-corrected chi connectivity index (χ4v) is 1.29. The monoisotopic (exact) mass is 269 g/mol. The molecule has 0 spiro atoms. The fraction of sp³-hybridized carbons (Fsp3) is 0. The summed E-state index contributed by atoms with van der Waals surface area (Å²) in [6.45, 7) is 0. The third kappa shape index (κ3) is 2.79. The van der Waals surface area contributed by atoms with Gasteiger partial charge in [0.2, 0.25) is 0 Å². The van der Waals surface area contributed by atoms with E-state index in [1.54, 1.807) is 0 Å². The number of benzene rings is 1. The predicted molar refractivity (Wildman–Crippen MR) is 58.6 cm³/mol. The molecule has 1 heterocycles. The first-order valence-corrected chi connectivity index (χ1v) is 4.94. The maximum absolute atomic E-state index is 13.3. The summed E-state index contributed by atoms with van der Waals surface area (Å²) in [4.78, 5) is 17.8. The molecule has 98 valence electrons. The van der Waals surface area contributed by atoms with Gasteiger partial charge in [-0.25, -0.2) is 22.9 Å². The van der Waals surface area contributed by atoms with Crippen LogP contribution in [0.3, 0.4) is 0 Å². The minimum Gasteiger partial charge on any atom is -0.476 e. The highest BCUT2D eigenvalue weighted by Gasteiger charge is 2.12. The molecule has 0 bridgehead atoms. The number of nitrogens with one attached hydrogen (secondary N) is 1. The van der Waals surface area contributed by atoms with Gasteiger partial charge in [0.25, 0.3) is 0 Å². The number of aromatic carboxylic acids is 1. The first kappa shape index (κ1) is 12.8. The summed E-state index contributed by atoms with van der Waals surface area (Å²) >= 11 is 0. The molecular formula is C11H6F3N3O2. The molecule has 0 amide bonds. The van der Waals surface area contributed by atoms with Crippen LogP contribution in [-0.2, 0) is 0 Å². The zero-order valence-corrected chi connectivity index (χ0v) is 9.19. The summed E-state index contributed by atoms with van der Waals surface area (Å²) in [5.74, 6) is -5.03. The van der Waals surface area contributed by atoms with Crippen LogP contribution in [0.4, 0.5) is 24.7 Å². The average molecular weight is 269 g/mol. The molecule has 0 saturated heterocycles. The van der Waals surface area contributed by atoms with Crippen LogP contribution in [0.25, 0.3) is 0 Å². The van der Waals surface area contributed by atoms with E-state index in [0.717, 1.165) is 12.4 Å². The number of halogens is 3. The molecule has 0 fully saturated rings. The molecule has 19 heavy (non-hydrogen) atoms. The van der Waals surface area contributed by atoms with Crippen LogP contribution < -0.4 is 5.32 Å². The number of hydrogen-bond donors (Lipinski definition) is 2. The van der Waals surface area contributed by atoms with Crippen molar-refractivity contribution in [1.82, 2.24) is 9.97 Å². The molecule has 2 N–H and O–H groups in total. The second-order valence-corrected chi connectivity index (χ2v) is 3.47. The Morgan fingerprint density at radius 1 is 1.11 bits per heavy atom. The molecule has 2 rings (SSSR count). The molecule has 8 heteroatoms. The third-order valence-electron chi connectivity index (χ3n) is 2.13. The van der Waals surface area contributed by atoms with Crippen molar-refractivity contribution in [3.63, 3.8) is 0 Å². The van der Waals surface area contributed by atoms with E-state index < -0.39 is 23.4 Å². The number of carbonyl (C=O) groups is 1. The van der Waals surface area contributed by atoms with E-state index in [1.807, 2.05) is 0 Å². The van der Waals surface area contributed by atoms with Crippen molar-refractivity contribution in [2.24, 2.45) is 0 Å². The van der Waals surface area contributed by atoms with Crippen LogP contribution in [0.5, 0.6) is 0 Å². The largest absolute Gasteiger partial charge is 0.476 e. The Kier molecular flexibility index (Phi) is 3.32. The van der Waals surface area contributed by atoms with Crippen LogP contribution in [0.2, 0.25) is 0 Å². The summed E-state index contributed by atoms with van der Waals surface area (Å²) in [7, 11) is 0. The van der Waals surface area contributed by atoms with E-state index in [4.69, 9.17) is 5.11 Å². The number of hydrogen-bond acceptors (Lipinski definition) is 4. The lowest BCUT2D eigenvalue weighted by Gasteiger charge is -2.07. The maximum Gasteiger partial charge on any atom is 0.356 e. The predicted octanol–water partition coefficient (Wildman–Crippen LogP) is 2.34. The Labute approximate surface area is 104 Å². The van der Waals surface area contributed by atoms with Crippen molar-refractivity contribution >= 4 is 17.5 Å². The zero-order chi connectivity index (χ0) is 14.0. The molecule has 0 unspecified atom stereocenters. The summed E-state index contributed by atoms with van der Waals surface area (Å²) in [6.07, 6.45) is 2.11. The maximum atomic E-state index is 13.3. The molecule has 1 aromatic carbocycles. The van der Waals surface area contributed by atoms with E-state index in [-0.39, 0.29) is 17.2 Å². The zero-order valence-electron chi connectivity index (χ0n) is 9.19. The number of aromatic nitrogens is 2. The summed E-state index contributed by atoms with van der Waals surface area (Å²) in [5.41, 5.74) is -0.747. The van der Waals surface area contributed by atoms with Crippen LogP contribution >= 0.6 is 0 Å². The van der Waals surface area contributed by atoms with Gasteiger partial charge in [0.15, 0.2) is 17.3 Å². The van der Waals surface area contributed by atoms with Gasteiger partial charge in [0.1, 0.15) is 11.6 Å². The van der Waals surface area contributed by atoms with Crippen molar-refractivity contribution in [3.8, 4) is 0 Å². The number of anilines is 2. The lowest BCUT2D eigenvalue weighted by Crippen LogP contribution is -2.05. The summed E-state index contributed by atoms with van der Waals surface area (Å²) in [6, 6.07) is 0.964.